The summed E-state index contributed by atoms with van der Waals surface area (Å²) in [5.74, 6) is 1.83. The van der Waals surface area contributed by atoms with Gasteiger partial charge < -0.3 is 20.4 Å². The molecule has 0 saturated heterocycles. The zero-order valence-corrected chi connectivity index (χ0v) is 10.3. The molecule has 2 aromatic rings. The second kappa shape index (κ2) is 4.60. The van der Waals surface area contributed by atoms with Crippen molar-refractivity contribution in [2.24, 2.45) is 10.9 Å². The second-order valence-corrected chi connectivity index (χ2v) is 4.32. The molecule has 0 amide bonds. The van der Waals surface area contributed by atoms with E-state index < -0.39 is 0 Å². The Kier molecular flexibility index (Phi) is 2.79. The molecule has 0 radical (unpaired) electrons. The maximum Gasteiger partial charge on any atom is 0.188 e. The Morgan fingerprint density at radius 2 is 2.26 bits per heavy atom. The molecule has 0 atom stereocenters. The Hall–Kier alpha value is -2.57. The molecule has 0 saturated carbocycles. The number of amidine groups is 1. The van der Waals surface area contributed by atoms with Crippen LogP contribution in [0.1, 0.15) is 11.5 Å². The number of anilines is 1. The van der Waals surface area contributed by atoms with Crippen LogP contribution in [-0.4, -0.2) is 32.1 Å². The third-order valence-electron chi connectivity index (χ3n) is 3.17. The summed E-state index contributed by atoms with van der Waals surface area (Å²) in [6.45, 7) is 2.44. The number of fused-ring (bicyclic) bond motifs is 1. The van der Waals surface area contributed by atoms with E-state index in [4.69, 9.17) is 10.9 Å². The zero-order valence-electron chi connectivity index (χ0n) is 10.3. The number of rotatable bonds is 2. The third-order valence-corrected chi connectivity index (χ3v) is 3.17. The van der Waals surface area contributed by atoms with Gasteiger partial charge in [0.2, 0.25) is 0 Å². The number of hydrogen-bond donors (Lipinski definition) is 2. The topological polar surface area (TPSA) is 92.6 Å². The smallest absolute Gasteiger partial charge is 0.188 e. The molecule has 2 aromatic heterocycles. The number of pyridine rings is 1. The molecule has 3 rings (SSSR count). The average molecular weight is 258 g/mol. The van der Waals surface area contributed by atoms with Gasteiger partial charge in [-0.05, 0) is 12.1 Å². The Morgan fingerprint density at radius 3 is 3.11 bits per heavy atom. The fraction of sp³-hybridized carbons (Fsp3) is 0.250. The Bertz CT molecular complexity index is 620. The van der Waals surface area contributed by atoms with Gasteiger partial charge in [-0.3, -0.25) is 0 Å². The predicted octanol–water partition coefficient (Wildman–Crippen LogP) is 0.393. The fourth-order valence-corrected chi connectivity index (χ4v) is 2.16. The molecule has 1 aliphatic heterocycles. The molecule has 7 heteroatoms. The zero-order chi connectivity index (χ0) is 13.2. The number of nitrogens with two attached hydrogens (primary N) is 1. The van der Waals surface area contributed by atoms with Crippen molar-refractivity contribution in [3.63, 3.8) is 0 Å². The number of imidazole rings is 1. The van der Waals surface area contributed by atoms with E-state index in [0.29, 0.717) is 12.2 Å². The van der Waals surface area contributed by atoms with Gasteiger partial charge in [-0.1, -0.05) is 11.2 Å². The standard InChI is InChI=1S/C12H14N6O/c13-12(16-19)9-2-1-3-10(15-9)18-7-6-17-5-4-14-11(17)8-18/h1-5,19H,6-8H2,(H2,13,16). The summed E-state index contributed by atoms with van der Waals surface area (Å²) < 4.78 is 2.13. The first-order valence-corrected chi connectivity index (χ1v) is 5.98. The van der Waals surface area contributed by atoms with Gasteiger partial charge in [0.25, 0.3) is 0 Å². The van der Waals surface area contributed by atoms with Crippen LogP contribution in [0.2, 0.25) is 0 Å². The van der Waals surface area contributed by atoms with Crippen molar-refractivity contribution >= 4 is 11.7 Å². The number of nitrogens with zero attached hydrogens (tertiary/aromatic N) is 5. The second-order valence-electron chi connectivity index (χ2n) is 4.32. The van der Waals surface area contributed by atoms with E-state index in [9.17, 15) is 0 Å². The molecule has 19 heavy (non-hydrogen) atoms. The summed E-state index contributed by atoms with van der Waals surface area (Å²) in [6, 6.07) is 5.47. The minimum atomic E-state index is 0.0142. The van der Waals surface area contributed by atoms with Gasteiger partial charge in [0, 0.05) is 25.5 Å². The van der Waals surface area contributed by atoms with Crippen molar-refractivity contribution in [1.82, 2.24) is 14.5 Å². The van der Waals surface area contributed by atoms with Crippen molar-refractivity contribution in [1.29, 1.82) is 0 Å². The molecule has 0 aliphatic carbocycles. The minimum Gasteiger partial charge on any atom is -0.409 e. The van der Waals surface area contributed by atoms with Crippen LogP contribution < -0.4 is 10.6 Å². The van der Waals surface area contributed by atoms with Crippen LogP contribution in [-0.2, 0) is 13.1 Å². The summed E-state index contributed by atoms with van der Waals surface area (Å²) in [6.07, 6.45) is 3.78. The minimum absolute atomic E-state index is 0.0142. The molecule has 3 N–H and O–H groups in total. The first-order chi connectivity index (χ1) is 9.28. The lowest BCUT2D eigenvalue weighted by molar-refractivity contribution is 0.318. The molecule has 1 aliphatic rings. The summed E-state index contributed by atoms with van der Waals surface area (Å²) >= 11 is 0. The van der Waals surface area contributed by atoms with Crippen LogP contribution in [0.3, 0.4) is 0 Å². The van der Waals surface area contributed by atoms with E-state index in [1.807, 2.05) is 18.3 Å². The van der Waals surface area contributed by atoms with Crippen LogP contribution in [0.4, 0.5) is 5.82 Å². The highest BCUT2D eigenvalue weighted by atomic mass is 16.4. The van der Waals surface area contributed by atoms with Crippen LogP contribution in [0.15, 0.2) is 35.7 Å². The van der Waals surface area contributed by atoms with E-state index in [-0.39, 0.29) is 5.84 Å². The highest BCUT2D eigenvalue weighted by Gasteiger charge is 2.18. The van der Waals surface area contributed by atoms with E-state index in [1.54, 1.807) is 12.3 Å². The summed E-state index contributed by atoms with van der Waals surface area (Å²) in [5, 5.41) is 11.7. The predicted molar refractivity (Wildman–Crippen MR) is 70.0 cm³/mol. The van der Waals surface area contributed by atoms with Gasteiger partial charge in [-0.15, -0.1) is 0 Å². The Balaban J connectivity index is 1.88. The van der Waals surface area contributed by atoms with Gasteiger partial charge in [0.1, 0.15) is 17.3 Å². The summed E-state index contributed by atoms with van der Waals surface area (Å²) in [4.78, 5) is 10.8. The van der Waals surface area contributed by atoms with Crippen molar-refractivity contribution < 1.29 is 5.21 Å². The summed E-state index contributed by atoms with van der Waals surface area (Å²) in [5.41, 5.74) is 6.02. The average Bonchev–Trinajstić information content (AvgIpc) is 2.94. The van der Waals surface area contributed by atoms with E-state index in [0.717, 1.165) is 24.7 Å². The Labute approximate surface area is 110 Å². The molecular formula is C12H14N6O. The monoisotopic (exact) mass is 258 g/mol. The largest absolute Gasteiger partial charge is 0.409 e. The van der Waals surface area contributed by atoms with Gasteiger partial charge in [-0.2, -0.15) is 0 Å². The highest BCUT2D eigenvalue weighted by Crippen LogP contribution is 2.18. The lowest BCUT2D eigenvalue weighted by atomic mass is 10.3. The van der Waals surface area contributed by atoms with Gasteiger partial charge in [0.05, 0.1) is 6.54 Å². The highest BCUT2D eigenvalue weighted by molar-refractivity contribution is 5.95. The van der Waals surface area contributed by atoms with Crippen LogP contribution in [0.5, 0.6) is 0 Å². The lowest BCUT2D eigenvalue weighted by Gasteiger charge is -2.28. The van der Waals surface area contributed by atoms with Crippen molar-refractivity contribution in [2.45, 2.75) is 13.1 Å². The van der Waals surface area contributed by atoms with Crippen molar-refractivity contribution in [2.75, 3.05) is 11.4 Å². The molecule has 98 valence electrons. The van der Waals surface area contributed by atoms with Gasteiger partial charge >= 0.3 is 0 Å². The SMILES string of the molecule is NC(=NO)c1cccc(N2CCn3ccnc3C2)n1. The molecule has 0 aromatic carbocycles. The van der Waals surface area contributed by atoms with E-state index >= 15 is 0 Å². The molecule has 0 spiro atoms. The summed E-state index contributed by atoms with van der Waals surface area (Å²) in [7, 11) is 0. The number of hydrogen-bond acceptors (Lipinski definition) is 5. The van der Waals surface area contributed by atoms with Gasteiger partial charge in [-0.25, -0.2) is 9.97 Å². The number of oxime groups is 1. The van der Waals surface area contributed by atoms with E-state index in [1.165, 1.54) is 0 Å². The quantitative estimate of drug-likeness (QED) is 0.352. The molecule has 0 unspecified atom stereocenters. The van der Waals surface area contributed by atoms with Crippen LogP contribution in [0.25, 0.3) is 0 Å². The van der Waals surface area contributed by atoms with Crippen molar-refractivity contribution in [3.8, 4) is 0 Å². The molecule has 0 bridgehead atoms. The molecular weight excluding hydrogens is 244 g/mol. The molecule has 3 heterocycles. The normalized spacial score (nSPS) is 15.4. The first kappa shape index (κ1) is 11.5. The van der Waals surface area contributed by atoms with Crippen molar-refractivity contribution in [3.05, 3.63) is 42.1 Å². The molecule has 0 fully saturated rings. The third kappa shape index (κ3) is 2.10. The van der Waals surface area contributed by atoms with Crippen LogP contribution >= 0.6 is 0 Å². The van der Waals surface area contributed by atoms with Gasteiger partial charge in [0.15, 0.2) is 5.84 Å². The maximum absolute atomic E-state index is 8.69. The fourth-order valence-electron chi connectivity index (χ4n) is 2.16. The number of aromatic nitrogens is 3. The first-order valence-electron chi connectivity index (χ1n) is 5.98. The lowest BCUT2D eigenvalue weighted by Crippen LogP contribution is -2.34. The molecule has 7 nitrogen and oxygen atoms in total. The van der Waals surface area contributed by atoms with Crippen LogP contribution in [0, 0.1) is 0 Å². The van der Waals surface area contributed by atoms with E-state index in [2.05, 4.69) is 24.6 Å². The maximum atomic E-state index is 8.69. The Morgan fingerprint density at radius 1 is 1.37 bits per heavy atom.